The molecular weight excluding hydrogens is 377 g/mol. The van der Waals surface area contributed by atoms with E-state index in [4.69, 9.17) is 16.3 Å². The first-order valence-corrected chi connectivity index (χ1v) is 8.99. The van der Waals surface area contributed by atoms with Gasteiger partial charge in [-0.2, -0.15) is 0 Å². The van der Waals surface area contributed by atoms with Gasteiger partial charge in [-0.3, -0.25) is 9.59 Å². The highest BCUT2D eigenvalue weighted by Gasteiger charge is 2.44. The predicted molar refractivity (Wildman–Crippen MR) is 103 cm³/mol. The molecule has 2 saturated heterocycles. The van der Waals surface area contributed by atoms with E-state index in [1.807, 2.05) is 24.3 Å². The smallest absolute Gasteiger partial charge is 0.255 e. The number of piperidine rings is 1. The molecule has 144 valence electrons. The third-order valence-corrected chi connectivity index (χ3v) is 5.34. The van der Waals surface area contributed by atoms with E-state index >= 15 is 0 Å². The Labute approximate surface area is 165 Å². The van der Waals surface area contributed by atoms with Crippen molar-refractivity contribution in [2.24, 2.45) is 0 Å². The van der Waals surface area contributed by atoms with E-state index < -0.39 is 5.60 Å². The molecule has 0 atom stereocenters. The normalized spacial score (nSPS) is 19.8. The van der Waals surface area contributed by atoms with Crippen molar-refractivity contribution in [1.29, 1.82) is 0 Å². The number of carbonyl (C=O) groups is 2. The maximum absolute atomic E-state index is 12.9. The topological polar surface area (TPSA) is 61.9 Å². The van der Waals surface area contributed by atoms with Gasteiger partial charge >= 0.3 is 0 Å². The van der Waals surface area contributed by atoms with Gasteiger partial charge in [-0.15, -0.1) is 12.4 Å². The molecule has 8 heteroatoms. The molecule has 0 aliphatic carbocycles. The number of nitrogens with one attached hydrogen (secondary N) is 1. The summed E-state index contributed by atoms with van der Waals surface area (Å²) < 4.78 is 5.59. The second-order valence-corrected chi connectivity index (χ2v) is 7.05. The van der Waals surface area contributed by atoms with Crippen LogP contribution in [0.1, 0.15) is 18.4 Å². The Morgan fingerprint density at radius 3 is 2.46 bits per heavy atom. The van der Waals surface area contributed by atoms with E-state index in [1.165, 1.54) is 0 Å². The largest absolute Gasteiger partial charge is 0.368 e. The molecule has 2 heterocycles. The average Bonchev–Trinajstić information content (AvgIpc) is 2.65. The molecule has 0 saturated carbocycles. The van der Waals surface area contributed by atoms with Crippen molar-refractivity contribution in [3.05, 3.63) is 34.9 Å². The van der Waals surface area contributed by atoms with Crippen molar-refractivity contribution >= 4 is 35.8 Å². The van der Waals surface area contributed by atoms with Crippen molar-refractivity contribution < 1.29 is 14.3 Å². The maximum atomic E-state index is 12.9. The Bertz CT molecular complexity index is 633. The standard InChI is InChI=1S/C18H24ClN3O3.ClH/c1-25-18(6-8-20-9-7-18)17(24)22-11-10-21(16(23)13-22)12-14-2-4-15(19)5-3-14;/h2-5,20H,6-13H2,1H3;1H. The Hall–Kier alpha value is -1.34. The van der Waals surface area contributed by atoms with E-state index in [1.54, 1.807) is 16.9 Å². The number of benzene rings is 1. The molecule has 1 aromatic carbocycles. The zero-order valence-corrected chi connectivity index (χ0v) is 16.4. The van der Waals surface area contributed by atoms with Gasteiger partial charge in [0.2, 0.25) is 5.91 Å². The van der Waals surface area contributed by atoms with Crippen molar-refractivity contribution in [3.8, 4) is 0 Å². The second kappa shape index (κ2) is 9.04. The molecule has 0 aromatic heterocycles. The number of amides is 2. The van der Waals surface area contributed by atoms with Crippen LogP contribution >= 0.6 is 24.0 Å². The van der Waals surface area contributed by atoms with Crippen LogP contribution in [0.25, 0.3) is 0 Å². The van der Waals surface area contributed by atoms with Gasteiger partial charge in [0.15, 0.2) is 0 Å². The summed E-state index contributed by atoms with van der Waals surface area (Å²) in [5, 5.41) is 3.92. The Balaban J connectivity index is 0.00000243. The molecular formula is C18H25Cl2N3O3. The quantitative estimate of drug-likeness (QED) is 0.833. The van der Waals surface area contributed by atoms with E-state index in [-0.39, 0.29) is 30.8 Å². The lowest BCUT2D eigenvalue weighted by atomic mass is 9.90. The Morgan fingerprint density at radius 2 is 1.88 bits per heavy atom. The van der Waals surface area contributed by atoms with Crippen LogP contribution in [0, 0.1) is 0 Å². The minimum Gasteiger partial charge on any atom is -0.368 e. The third-order valence-electron chi connectivity index (χ3n) is 5.08. The molecule has 2 aliphatic heterocycles. The first kappa shape index (κ1) is 21.0. The molecule has 0 bridgehead atoms. The number of carbonyl (C=O) groups excluding carboxylic acids is 2. The van der Waals surface area contributed by atoms with Gasteiger partial charge in [0.25, 0.3) is 5.91 Å². The highest BCUT2D eigenvalue weighted by molar-refractivity contribution is 6.30. The molecule has 1 N–H and O–H groups in total. The minimum absolute atomic E-state index is 0. The Kier molecular flexibility index (Phi) is 7.29. The van der Waals surface area contributed by atoms with E-state index in [2.05, 4.69) is 5.32 Å². The molecule has 6 nitrogen and oxygen atoms in total. The summed E-state index contributed by atoms with van der Waals surface area (Å²) in [5.74, 6) is -0.0919. The van der Waals surface area contributed by atoms with Gasteiger partial charge in [0.05, 0.1) is 6.54 Å². The fraction of sp³-hybridized carbons (Fsp3) is 0.556. The van der Waals surface area contributed by atoms with Gasteiger partial charge in [-0.05, 0) is 43.6 Å². The lowest BCUT2D eigenvalue weighted by molar-refractivity contribution is -0.164. The van der Waals surface area contributed by atoms with Crippen molar-refractivity contribution in [3.63, 3.8) is 0 Å². The average molecular weight is 402 g/mol. The van der Waals surface area contributed by atoms with Crippen LogP contribution < -0.4 is 5.32 Å². The summed E-state index contributed by atoms with van der Waals surface area (Å²) in [6.07, 6.45) is 1.28. The van der Waals surface area contributed by atoms with Gasteiger partial charge in [0, 0.05) is 31.8 Å². The van der Waals surface area contributed by atoms with Crippen LogP contribution in [-0.4, -0.2) is 67.0 Å². The van der Waals surface area contributed by atoms with Crippen LogP contribution in [-0.2, 0) is 20.9 Å². The highest BCUT2D eigenvalue weighted by Crippen LogP contribution is 2.26. The van der Waals surface area contributed by atoms with E-state index in [0.717, 1.165) is 18.7 Å². The number of ether oxygens (including phenoxy) is 1. The molecule has 26 heavy (non-hydrogen) atoms. The maximum Gasteiger partial charge on any atom is 0.255 e. The number of piperazine rings is 1. The zero-order chi connectivity index (χ0) is 17.9. The van der Waals surface area contributed by atoms with Crippen molar-refractivity contribution in [2.45, 2.75) is 25.0 Å². The number of rotatable bonds is 4. The number of methoxy groups -OCH3 is 1. The van der Waals surface area contributed by atoms with Crippen LogP contribution in [0.3, 0.4) is 0 Å². The van der Waals surface area contributed by atoms with Gasteiger partial charge in [0.1, 0.15) is 5.60 Å². The third kappa shape index (κ3) is 4.49. The zero-order valence-electron chi connectivity index (χ0n) is 14.9. The molecule has 0 spiro atoms. The molecule has 2 fully saturated rings. The van der Waals surface area contributed by atoms with Crippen LogP contribution in [0.4, 0.5) is 0 Å². The molecule has 0 radical (unpaired) electrons. The fourth-order valence-corrected chi connectivity index (χ4v) is 3.61. The summed E-state index contributed by atoms with van der Waals surface area (Å²) in [7, 11) is 1.59. The van der Waals surface area contributed by atoms with Crippen molar-refractivity contribution in [1.82, 2.24) is 15.1 Å². The molecule has 0 unspecified atom stereocenters. The SMILES string of the molecule is COC1(C(=O)N2CCN(Cc3ccc(Cl)cc3)C(=O)C2)CCNCC1.Cl. The molecule has 1 aromatic rings. The molecule has 3 rings (SSSR count). The first-order valence-electron chi connectivity index (χ1n) is 8.61. The molecule has 2 aliphatic rings. The lowest BCUT2D eigenvalue weighted by Crippen LogP contribution is -2.60. The van der Waals surface area contributed by atoms with Crippen molar-refractivity contribution in [2.75, 3.05) is 39.8 Å². The van der Waals surface area contributed by atoms with Crippen LogP contribution in [0.5, 0.6) is 0 Å². The fourth-order valence-electron chi connectivity index (χ4n) is 3.48. The van der Waals surface area contributed by atoms with Crippen LogP contribution in [0.15, 0.2) is 24.3 Å². The first-order chi connectivity index (χ1) is 12.0. The highest BCUT2D eigenvalue weighted by atomic mass is 35.5. The predicted octanol–water partition coefficient (Wildman–Crippen LogP) is 1.70. The lowest BCUT2D eigenvalue weighted by Gasteiger charge is -2.41. The monoisotopic (exact) mass is 401 g/mol. The van der Waals surface area contributed by atoms with E-state index in [9.17, 15) is 9.59 Å². The van der Waals surface area contributed by atoms with Gasteiger partial charge in [-0.25, -0.2) is 0 Å². The molecule has 2 amide bonds. The Morgan fingerprint density at radius 1 is 1.23 bits per heavy atom. The summed E-state index contributed by atoms with van der Waals surface area (Å²) >= 11 is 5.90. The number of hydrogen-bond donors (Lipinski definition) is 1. The van der Waals surface area contributed by atoms with E-state index in [0.29, 0.717) is 37.5 Å². The number of halogens is 2. The van der Waals surface area contributed by atoms with Gasteiger partial charge in [-0.1, -0.05) is 23.7 Å². The number of hydrogen-bond acceptors (Lipinski definition) is 4. The summed E-state index contributed by atoms with van der Waals surface area (Å²) in [6.45, 7) is 3.23. The van der Waals surface area contributed by atoms with Gasteiger partial charge < -0.3 is 19.9 Å². The number of nitrogens with zero attached hydrogens (tertiary/aromatic N) is 2. The second-order valence-electron chi connectivity index (χ2n) is 6.62. The minimum atomic E-state index is -0.788. The van der Waals surface area contributed by atoms with Crippen LogP contribution in [0.2, 0.25) is 5.02 Å². The summed E-state index contributed by atoms with van der Waals surface area (Å²) in [5.41, 5.74) is 0.244. The summed E-state index contributed by atoms with van der Waals surface area (Å²) in [4.78, 5) is 28.9. The summed E-state index contributed by atoms with van der Waals surface area (Å²) in [6, 6.07) is 7.48.